The lowest BCUT2D eigenvalue weighted by molar-refractivity contribution is -0.139. The van der Waals surface area contributed by atoms with E-state index in [0.29, 0.717) is 5.75 Å². The van der Waals surface area contributed by atoms with E-state index in [2.05, 4.69) is 66.0 Å². The normalized spacial score (nSPS) is 12.4. The zero-order chi connectivity index (χ0) is 28.3. The molecule has 1 atom stereocenters. The fraction of sp³-hybridized carbons (Fsp3) is 0.212. The molecule has 0 fully saturated rings. The molecular formula is C33H31NO5S. The summed E-state index contributed by atoms with van der Waals surface area (Å²) in [6, 6.07) is 30.0. The maximum Gasteiger partial charge on any atom is 0.408 e. The van der Waals surface area contributed by atoms with Crippen LogP contribution in [-0.2, 0) is 9.53 Å². The molecule has 1 unspecified atom stereocenters. The zero-order valence-electron chi connectivity index (χ0n) is 22.6. The van der Waals surface area contributed by atoms with Gasteiger partial charge in [-0.2, -0.15) is 0 Å². The van der Waals surface area contributed by atoms with Gasteiger partial charge in [-0.05, 0) is 62.1 Å². The lowest BCUT2D eigenvalue weighted by Crippen LogP contribution is -2.43. The van der Waals surface area contributed by atoms with Crippen LogP contribution in [0.3, 0.4) is 0 Å². The Morgan fingerprint density at radius 2 is 1.48 bits per heavy atom. The molecule has 5 aromatic rings. The minimum absolute atomic E-state index is 0.278. The van der Waals surface area contributed by atoms with E-state index in [4.69, 9.17) is 9.15 Å². The van der Waals surface area contributed by atoms with Crippen molar-refractivity contribution in [1.29, 1.82) is 0 Å². The van der Waals surface area contributed by atoms with Crippen LogP contribution in [0.1, 0.15) is 27.2 Å². The van der Waals surface area contributed by atoms with Crippen LogP contribution in [0, 0.1) is 0 Å². The Morgan fingerprint density at radius 1 is 0.850 bits per heavy atom. The Bertz CT molecular complexity index is 1650. The fourth-order valence-corrected chi connectivity index (χ4v) is 5.48. The maximum atomic E-state index is 12.0. The standard InChI is InChI=1S/C33H31NO5S/c1-33(2,3)39-32(37)34-28(31(35)36)19-20-40-24-17-15-22(16-18-24)21-11-13-23(14-12-21)25-8-6-9-27-26-7-4-5-10-29(26)38-30(25)27/h4-18,28H,19-20H2,1-3H3,(H,34,37)(H,35,36). The summed E-state index contributed by atoms with van der Waals surface area (Å²) < 4.78 is 11.4. The van der Waals surface area contributed by atoms with Crippen molar-refractivity contribution < 1.29 is 23.8 Å². The smallest absolute Gasteiger partial charge is 0.408 e. The summed E-state index contributed by atoms with van der Waals surface area (Å²) in [5.41, 5.74) is 5.44. The van der Waals surface area contributed by atoms with Crippen LogP contribution in [0.5, 0.6) is 0 Å². The number of carbonyl (C=O) groups is 2. The molecule has 0 aliphatic rings. The van der Waals surface area contributed by atoms with E-state index < -0.39 is 23.7 Å². The molecule has 1 aromatic heterocycles. The molecule has 0 saturated carbocycles. The highest BCUT2D eigenvalue weighted by Crippen LogP contribution is 2.36. The summed E-state index contributed by atoms with van der Waals surface area (Å²) in [4.78, 5) is 24.6. The molecule has 1 heterocycles. The Kier molecular flexibility index (Phi) is 7.85. The molecule has 0 spiro atoms. The van der Waals surface area contributed by atoms with Crippen LogP contribution >= 0.6 is 11.8 Å². The summed E-state index contributed by atoms with van der Waals surface area (Å²) in [5, 5.41) is 14.1. The SMILES string of the molecule is CC(C)(C)OC(=O)NC(CCSc1ccc(-c2ccc(-c3cccc4c3oc3ccccc34)cc2)cc1)C(=O)O. The number of benzene rings is 4. The number of amides is 1. The molecular weight excluding hydrogens is 522 g/mol. The van der Waals surface area contributed by atoms with Gasteiger partial charge in [-0.3, -0.25) is 0 Å². The number of carboxylic acid groups (broad SMARTS) is 1. The van der Waals surface area contributed by atoms with Gasteiger partial charge in [0.05, 0.1) is 0 Å². The van der Waals surface area contributed by atoms with E-state index in [1.165, 1.54) is 0 Å². The van der Waals surface area contributed by atoms with Crippen LogP contribution in [0.15, 0.2) is 100 Å². The molecule has 0 bridgehead atoms. The third-order valence-corrected chi connectivity index (χ3v) is 7.50. The van der Waals surface area contributed by atoms with Gasteiger partial charge in [0.2, 0.25) is 0 Å². The van der Waals surface area contributed by atoms with Crippen molar-refractivity contribution in [2.45, 2.75) is 43.7 Å². The van der Waals surface area contributed by atoms with Gasteiger partial charge < -0.3 is 19.6 Å². The molecule has 4 aromatic carbocycles. The van der Waals surface area contributed by atoms with Crippen LogP contribution in [0.2, 0.25) is 0 Å². The molecule has 1 amide bonds. The van der Waals surface area contributed by atoms with E-state index in [0.717, 1.165) is 49.1 Å². The molecule has 204 valence electrons. The van der Waals surface area contributed by atoms with Crippen molar-refractivity contribution in [2.75, 3.05) is 5.75 Å². The molecule has 7 heteroatoms. The van der Waals surface area contributed by atoms with Gasteiger partial charge in [-0.25, -0.2) is 9.59 Å². The second-order valence-corrected chi connectivity index (χ2v) is 11.7. The molecule has 0 aliphatic carbocycles. The quantitative estimate of drug-likeness (QED) is 0.188. The summed E-state index contributed by atoms with van der Waals surface area (Å²) in [6.45, 7) is 5.21. The van der Waals surface area contributed by atoms with E-state index in [9.17, 15) is 14.7 Å². The number of carboxylic acids is 1. The number of alkyl carbamates (subject to hydrolysis) is 1. The molecule has 2 N–H and O–H groups in total. The second kappa shape index (κ2) is 11.5. The number of rotatable bonds is 8. The number of aliphatic carboxylic acids is 1. The Hall–Kier alpha value is -4.23. The number of nitrogens with one attached hydrogen (secondary N) is 1. The number of para-hydroxylation sites is 2. The van der Waals surface area contributed by atoms with Crippen molar-refractivity contribution in [3.05, 3.63) is 91.0 Å². The lowest BCUT2D eigenvalue weighted by Gasteiger charge is -2.21. The molecule has 0 aliphatic heterocycles. The predicted molar refractivity (Wildman–Crippen MR) is 161 cm³/mol. The summed E-state index contributed by atoms with van der Waals surface area (Å²) in [7, 11) is 0. The first-order chi connectivity index (χ1) is 19.2. The zero-order valence-corrected chi connectivity index (χ0v) is 23.5. The van der Waals surface area contributed by atoms with Crippen LogP contribution in [0.25, 0.3) is 44.2 Å². The highest BCUT2D eigenvalue weighted by Gasteiger charge is 2.23. The number of fused-ring (bicyclic) bond motifs is 3. The van der Waals surface area contributed by atoms with Gasteiger partial charge in [-0.1, -0.05) is 72.8 Å². The van der Waals surface area contributed by atoms with E-state index >= 15 is 0 Å². The van der Waals surface area contributed by atoms with Crippen LogP contribution in [-0.4, -0.2) is 34.6 Å². The molecule has 0 saturated heterocycles. The Morgan fingerprint density at radius 3 is 2.15 bits per heavy atom. The van der Waals surface area contributed by atoms with Crippen molar-refractivity contribution in [3.8, 4) is 22.3 Å². The number of hydrogen-bond donors (Lipinski definition) is 2. The number of carbonyl (C=O) groups excluding carboxylic acids is 1. The minimum Gasteiger partial charge on any atom is -0.480 e. The first-order valence-electron chi connectivity index (χ1n) is 13.1. The van der Waals surface area contributed by atoms with Crippen molar-refractivity contribution in [1.82, 2.24) is 5.32 Å². The number of hydrogen-bond acceptors (Lipinski definition) is 5. The topological polar surface area (TPSA) is 88.8 Å². The predicted octanol–water partition coefficient (Wildman–Crippen LogP) is 8.38. The van der Waals surface area contributed by atoms with Crippen molar-refractivity contribution in [2.24, 2.45) is 0 Å². The molecule has 0 radical (unpaired) electrons. The lowest BCUT2D eigenvalue weighted by atomic mass is 9.99. The van der Waals surface area contributed by atoms with E-state index in [1.807, 2.05) is 30.3 Å². The average Bonchev–Trinajstić information content (AvgIpc) is 3.31. The minimum atomic E-state index is -1.08. The van der Waals surface area contributed by atoms with Crippen molar-refractivity contribution >= 4 is 45.8 Å². The summed E-state index contributed by atoms with van der Waals surface area (Å²) in [5.74, 6) is -0.546. The molecule has 6 nitrogen and oxygen atoms in total. The summed E-state index contributed by atoms with van der Waals surface area (Å²) >= 11 is 1.55. The van der Waals surface area contributed by atoms with Gasteiger partial charge >= 0.3 is 12.1 Å². The Labute approximate surface area is 237 Å². The average molecular weight is 554 g/mol. The van der Waals surface area contributed by atoms with Gasteiger partial charge in [0.25, 0.3) is 0 Å². The summed E-state index contributed by atoms with van der Waals surface area (Å²) in [6.07, 6.45) is -0.449. The highest BCUT2D eigenvalue weighted by molar-refractivity contribution is 7.99. The first-order valence-corrected chi connectivity index (χ1v) is 14.1. The number of ether oxygens (including phenoxy) is 1. The third-order valence-electron chi connectivity index (χ3n) is 6.45. The first kappa shape index (κ1) is 27.3. The van der Waals surface area contributed by atoms with Gasteiger partial charge in [0, 0.05) is 27.0 Å². The molecule has 5 rings (SSSR count). The van der Waals surface area contributed by atoms with Gasteiger partial charge in [0.1, 0.15) is 22.8 Å². The van der Waals surface area contributed by atoms with E-state index in [1.54, 1.807) is 32.5 Å². The monoisotopic (exact) mass is 553 g/mol. The highest BCUT2D eigenvalue weighted by atomic mass is 32.2. The largest absolute Gasteiger partial charge is 0.480 e. The molecule has 40 heavy (non-hydrogen) atoms. The number of thioether (sulfide) groups is 1. The van der Waals surface area contributed by atoms with Gasteiger partial charge in [0.15, 0.2) is 0 Å². The van der Waals surface area contributed by atoms with E-state index in [-0.39, 0.29) is 6.42 Å². The van der Waals surface area contributed by atoms with Crippen LogP contribution < -0.4 is 5.32 Å². The van der Waals surface area contributed by atoms with Crippen LogP contribution in [0.4, 0.5) is 4.79 Å². The van der Waals surface area contributed by atoms with Gasteiger partial charge in [-0.15, -0.1) is 11.8 Å². The Balaban J connectivity index is 1.22. The maximum absolute atomic E-state index is 12.0. The van der Waals surface area contributed by atoms with Crippen molar-refractivity contribution in [3.63, 3.8) is 0 Å². The third kappa shape index (κ3) is 6.32. The second-order valence-electron chi connectivity index (χ2n) is 10.6. The fourth-order valence-electron chi connectivity index (χ4n) is 4.56. The number of furan rings is 1.